The number of thioether (sulfide) groups is 1. The van der Waals surface area contributed by atoms with E-state index < -0.39 is 0 Å². The lowest BCUT2D eigenvalue weighted by atomic mass is 10.3. The molecule has 0 aliphatic rings. The predicted octanol–water partition coefficient (Wildman–Crippen LogP) is 2.76. The normalized spacial score (nSPS) is 10.8. The summed E-state index contributed by atoms with van der Waals surface area (Å²) in [6, 6.07) is 0. The van der Waals surface area contributed by atoms with Gasteiger partial charge in [-0.2, -0.15) is 16.9 Å². The van der Waals surface area contributed by atoms with Crippen molar-refractivity contribution in [1.82, 2.24) is 14.8 Å². The highest BCUT2D eigenvalue weighted by Gasteiger charge is 2.18. The van der Waals surface area contributed by atoms with Gasteiger partial charge in [-0.1, -0.05) is 6.92 Å². The maximum absolute atomic E-state index is 12.0. The number of rotatable bonds is 6. The molecule has 0 aromatic carbocycles. The van der Waals surface area contributed by atoms with Crippen LogP contribution in [0.2, 0.25) is 0 Å². The van der Waals surface area contributed by atoms with Crippen molar-refractivity contribution < 1.29 is 9.53 Å². The minimum Gasteiger partial charge on any atom is -0.461 e. The van der Waals surface area contributed by atoms with Crippen molar-refractivity contribution >= 4 is 29.1 Å². The quantitative estimate of drug-likeness (QED) is 0.606. The van der Waals surface area contributed by atoms with Crippen molar-refractivity contribution in [3.63, 3.8) is 0 Å². The number of carbonyl (C=O) groups excluding carboxylic acids is 1. The SMILES string of the molecule is CCSCCOC(=O)c1sc(-c2cnn(C)c2)nc1C. The number of nitrogens with zero attached hydrogens (tertiary/aromatic N) is 3. The molecule has 0 saturated heterocycles. The number of aromatic nitrogens is 3. The number of thiazole rings is 1. The number of hydrogen-bond donors (Lipinski definition) is 0. The molecule has 0 fully saturated rings. The number of esters is 1. The van der Waals surface area contributed by atoms with Gasteiger partial charge in [0, 0.05) is 24.6 Å². The van der Waals surface area contributed by atoms with Crippen LogP contribution in [0.5, 0.6) is 0 Å². The van der Waals surface area contributed by atoms with E-state index in [9.17, 15) is 4.79 Å². The Morgan fingerprint density at radius 3 is 3.00 bits per heavy atom. The zero-order valence-corrected chi connectivity index (χ0v) is 13.4. The van der Waals surface area contributed by atoms with Gasteiger partial charge in [-0.25, -0.2) is 9.78 Å². The molecule has 7 heteroatoms. The Kier molecular flexibility index (Phi) is 5.19. The number of aryl methyl sites for hydroxylation is 2. The summed E-state index contributed by atoms with van der Waals surface area (Å²) in [6.07, 6.45) is 3.62. The molecule has 2 heterocycles. The van der Waals surface area contributed by atoms with Crippen LogP contribution in [0.3, 0.4) is 0 Å². The molecule has 20 heavy (non-hydrogen) atoms. The summed E-state index contributed by atoms with van der Waals surface area (Å²) in [6.45, 7) is 4.35. The fourth-order valence-corrected chi connectivity index (χ4v) is 3.07. The molecule has 2 aromatic heterocycles. The maximum atomic E-state index is 12.0. The highest BCUT2D eigenvalue weighted by molar-refractivity contribution is 7.99. The van der Waals surface area contributed by atoms with Gasteiger partial charge in [-0.15, -0.1) is 11.3 Å². The van der Waals surface area contributed by atoms with Gasteiger partial charge in [0.2, 0.25) is 0 Å². The predicted molar refractivity (Wildman–Crippen MR) is 82.3 cm³/mol. The fraction of sp³-hybridized carbons (Fsp3) is 0.462. The summed E-state index contributed by atoms with van der Waals surface area (Å²) >= 11 is 3.11. The Hall–Kier alpha value is -1.34. The van der Waals surface area contributed by atoms with Crippen LogP contribution in [0.1, 0.15) is 22.3 Å². The minimum atomic E-state index is -0.285. The Morgan fingerprint density at radius 2 is 2.35 bits per heavy atom. The van der Waals surface area contributed by atoms with Crippen LogP contribution < -0.4 is 0 Å². The summed E-state index contributed by atoms with van der Waals surface area (Å²) in [4.78, 5) is 17.0. The van der Waals surface area contributed by atoms with E-state index in [0.29, 0.717) is 17.2 Å². The molecule has 0 amide bonds. The van der Waals surface area contributed by atoms with Crippen LogP contribution >= 0.6 is 23.1 Å². The molecule has 0 saturated carbocycles. The molecule has 2 rings (SSSR count). The van der Waals surface area contributed by atoms with Crippen molar-refractivity contribution in [2.75, 3.05) is 18.1 Å². The molecule has 0 N–H and O–H groups in total. The van der Waals surface area contributed by atoms with Gasteiger partial charge in [0.1, 0.15) is 16.5 Å². The third kappa shape index (κ3) is 3.61. The van der Waals surface area contributed by atoms with Crippen molar-refractivity contribution in [1.29, 1.82) is 0 Å². The Morgan fingerprint density at radius 1 is 1.55 bits per heavy atom. The Labute approximate surface area is 126 Å². The van der Waals surface area contributed by atoms with Crippen LogP contribution in [-0.4, -0.2) is 38.8 Å². The molecule has 0 atom stereocenters. The second kappa shape index (κ2) is 6.90. The lowest BCUT2D eigenvalue weighted by molar-refractivity contribution is 0.0535. The van der Waals surface area contributed by atoms with Gasteiger partial charge in [0.15, 0.2) is 0 Å². The standard InChI is InChI=1S/C13H17N3O2S2/c1-4-19-6-5-18-13(17)11-9(2)15-12(20-11)10-7-14-16(3)8-10/h7-8H,4-6H2,1-3H3. The van der Waals surface area contributed by atoms with Crippen molar-refractivity contribution in [3.05, 3.63) is 23.0 Å². The molecule has 0 spiro atoms. The van der Waals surface area contributed by atoms with E-state index in [2.05, 4.69) is 17.0 Å². The van der Waals surface area contributed by atoms with Gasteiger partial charge >= 0.3 is 5.97 Å². The van der Waals surface area contributed by atoms with E-state index in [-0.39, 0.29) is 5.97 Å². The first-order chi connectivity index (χ1) is 9.61. The summed E-state index contributed by atoms with van der Waals surface area (Å²) in [5.74, 6) is 1.57. The first-order valence-corrected chi connectivity index (χ1v) is 8.30. The summed E-state index contributed by atoms with van der Waals surface area (Å²) in [7, 11) is 1.85. The van der Waals surface area contributed by atoms with Crippen LogP contribution in [0.4, 0.5) is 0 Å². The minimum absolute atomic E-state index is 0.285. The van der Waals surface area contributed by atoms with E-state index >= 15 is 0 Å². The second-order valence-corrected chi connectivity index (χ2v) is 6.56. The molecular weight excluding hydrogens is 294 g/mol. The Bertz CT molecular complexity index is 592. The lowest BCUT2D eigenvalue weighted by Crippen LogP contribution is -2.07. The van der Waals surface area contributed by atoms with Crippen LogP contribution in [0.25, 0.3) is 10.6 Å². The molecule has 5 nitrogen and oxygen atoms in total. The molecule has 0 radical (unpaired) electrons. The molecule has 0 aliphatic heterocycles. The van der Waals surface area contributed by atoms with Crippen molar-refractivity contribution in [3.8, 4) is 10.6 Å². The molecule has 2 aromatic rings. The van der Waals surface area contributed by atoms with Crippen molar-refractivity contribution in [2.24, 2.45) is 7.05 Å². The summed E-state index contributed by atoms with van der Waals surface area (Å²) in [5.41, 5.74) is 1.63. The number of hydrogen-bond acceptors (Lipinski definition) is 6. The monoisotopic (exact) mass is 311 g/mol. The molecule has 108 valence electrons. The topological polar surface area (TPSA) is 57.0 Å². The average molecular weight is 311 g/mol. The van der Waals surface area contributed by atoms with Gasteiger partial charge in [0.25, 0.3) is 0 Å². The summed E-state index contributed by atoms with van der Waals surface area (Å²) < 4.78 is 6.97. The van der Waals surface area contributed by atoms with Crippen LogP contribution in [0.15, 0.2) is 12.4 Å². The van der Waals surface area contributed by atoms with Gasteiger partial charge < -0.3 is 4.74 Å². The maximum Gasteiger partial charge on any atom is 0.350 e. The smallest absolute Gasteiger partial charge is 0.350 e. The third-order valence-electron chi connectivity index (χ3n) is 2.60. The largest absolute Gasteiger partial charge is 0.461 e. The van der Waals surface area contributed by atoms with E-state index in [1.165, 1.54) is 11.3 Å². The van der Waals surface area contributed by atoms with E-state index in [1.807, 2.05) is 20.2 Å². The Balaban J connectivity index is 2.05. The fourth-order valence-electron chi connectivity index (χ4n) is 1.64. The van der Waals surface area contributed by atoms with Gasteiger partial charge in [-0.3, -0.25) is 4.68 Å². The van der Waals surface area contributed by atoms with Gasteiger partial charge in [-0.05, 0) is 12.7 Å². The first kappa shape index (κ1) is 15.1. The van der Waals surface area contributed by atoms with E-state index in [1.54, 1.807) is 22.6 Å². The van der Waals surface area contributed by atoms with Crippen LogP contribution in [-0.2, 0) is 11.8 Å². The van der Waals surface area contributed by atoms with Crippen molar-refractivity contribution in [2.45, 2.75) is 13.8 Å². The third-order valence-corrected chi connectivity index (χ3v) is 4.65. The second-order valence-electron chi connectivity index (χ2n) is 4.17. The zero-order valence-electron chi connectivity index (χ0n) is 11.8. The average Bonchev–Trinajstić information content (AvgIpc) is 3.00. The molecule has 0 bridgehead atoms. The van der Waals surface area contributed by atoms with Crippen LogP contribution in [0, 0.1) is 6.92 Å². The zero-order chi connectivity index (χ0) is 14.5. The summed E-state index contributed by atoms with van der Waals surface area (Å²) in [5, 5.41) is 4.91. The molecule has 0 unspecified atom stereocenters. The van der Waals surface area contributed by atoms with E-state index in [4.69, 9.17) is 4.74 Å². The highest BCUT2D eigenvalue weighted by atomic mass is 32.2. The highest BCUT2D eigenvalue weighted by Crippen LogP contribution is 2.27. The van der Waals surface area contributed by atoms with E-state index in [0.717, 1.165) is 22.1 Å². The number of carbonyl (C=O) groups is 1. The molecular formula is C13H17N3O2S2. The first-order valence-electron chi connectivity index (χ1n) is 6.33. The molecule has 0 aliphatic carbocycles. The number of ether oxygens (including phenoxy) is 1. The lowest BCUT2D eigenvalue weighted by Gasteiger charge is -2.02. The van der Waals surface area contributed by atoms with Gasteiger partial charge in [0.05, 0.1) is 11.9 Å².